The van der Waals surface area contributed by atoms with Crippen molar-refractivity contribution in [3.05, 3.63) is 109 Å². The van der Waals surface area contributed by atoms with Crippen molar-refractivity contribution in [1.82, 2.24) is 10.4 Å². The summed E-state index contributed by atoms with van der Waals surface area (Å²) in [5, 5.41) is 5.90. The number of methoxy groups -OCH3 is 2. The van der Waals surface area contributed by atoms with Gasteiger partial charge in [-0.05, 0) is 76.7 Å². The second kappa shape index (κ2) is 12.8. The lowest BCUT2D eigenvalue weighted by molar-refractivity contribution is 0.0726. The molecule has 11 heteroatoms. The molecule has 0 saturated carbocycles. The molecule has 212 valence electrons. The number of hydrogen-bond acceptors (Lipinski definition) is 6. The Morgan fingerprint density at radius 1 is 0.905 bits per heavy atom. The number of nitrogens with zero attached hydrogens (tertiary/aromatic N) is 1. The molecular formula is C31H22Cl2IN3O5. The summed E-state index contributed by atoms with van der Waals surface area (Å²) in [4.78, 5) is 29.4. The minimum Gasteiger partial charge on any atom is -0.496 e. The third kappa shape index (κ3) is 6.08. The third-order valence-electron chi connectivity index (χ3n) is 6.30. The van der Waals surface area contributed by atoms with Gasteiger partial charge in [0, 0.05) is 30.1 Å². The molecule has 0 saturated heterocycles. The molecule has 8 nitrogen and oxygen atoms in total. The first-order valence-corrected chi connectivity index (χ1v) is 14.3. The maximum atomic E-state index is 13.3. The van der Waals surface area contributed by atoms with Crippen LogP contribution >= 0.6 is 45.8 Å². The number of amides is 1. The number of carbonyl (C=O) groups is 2. The highest BCUT2D eigenvalue weighted by Crippen LogP contribution is 2.38. The van der Waals surface area contributed by atoms with Crippen LogP contribution in [-0.4, -0.2) is 37.3 Å². The average Bonchev–Trinajstić information content (AvgIpc) is 3.39. The maximum Gasteiger partial charge on any atom is 0.347 e. The highest BCUT2D eigenvalue weighted by molar-refractivity contribution is 14.1. The number of rotatable bonds is 8. The van der Waals surface area contributed by atoms with Gasteiger partial charge in [-0.15, -0.1) is 0 Å². The first kappa shape index (κ1) is 29.4. The molecular weight excluding hydrogens is 692 g/mol. The van der Waals surface area contributed by atoms with E-state index in [1.807, 2.05) is 36.4 Å². The molecule has 2 N–H and O–H groups in total. The van der Waals surface area contributed by atoms with Crippen molar-refractivity contribution in [3.8, 4) is 28.4 Å². The number of hydrazone groups is 1. The van der Waals surface area contributed by atoms with E-state index < -0.39 is 11.9 Å². The molecule has 5 aromatic rings. The van der Waals surface area contributed by atoms with Gasteiger partial charge in [0.25, 0.3) is 5.91 Å². The topological polar surface area (TPSA) is 102 Å². The third-order valence-corrected chi connectivity index (χ3v) is 7.77. The van der Waals surface area contributed by atoms with Crippen molar-refractivity contribution in [3.63, 3.8) is 0 Å². The van der Waals surface area contributed by atoms with Crippen molar-refractivity contribution in [2.24, 2.45) is 5.10 Å². The number of ether oxygens (including phenoxy) is 3. The number of halogens is 3. The number of H-pyrrole nitrogens is 1. The molecule has 4 aromatic carbocycles. The molecule has 0 spiro atoms. The fourth-order valence-corrected chi connectivity index (χ4v) is 5.40. The van der Waals surface area contributed by atoms with Crippen molar-refractivity contribution < 1.29 is 23.8 Å². The van der Waals surface area contributed by atoms with Crippen LogP contribution in [0, 0.1) is 3.57 Å². The second-order valence-electron chi connectivity index (χ2n) is 8.86. The average molecular weight is 714 g/mol. The quantitative estimate of drug-likeness (QED) is 0.0563. The molecule has 0 atom stereocenters. The van der Waals surface area contributed by atoms with E-state index in [0.29, 0.717) is 32.6 Å². The number of aromatic nitrogens is 1. The van der Waals surface area contributed by atoms with E-state index in [9.17, 15) is 9.59 Å². The number of hydrogen-bond donors (Lipinski definition) is 2. The Morgan fingerprint density at radius 2 is 1.67 bits per heavy atom. The fraction of sp³-hybridized carbons (Fsp3) is 0.0645. The van der Waals surface area contributed by atoms with Gasteiger partial charge in [0.2, 0.25) is 0 Å². The van der Waals surface area contributed by atoms with Gasteiger partial charge in [-0.25, -0.2) is 10.2 Å². The van der Waals surface area contributed by atoms with Gasteiger partial charge in [-0.1, -0.05) is 53.5 Å². The number of benzene rings is 4. The van der Waals surface area contributed by atoms with Crippen LogP contribution in [0.5, 0.6) is 17.2 Å². The van der Waals surface area contributed by atoms with Crippen LogP contribution in [0.2, 0.25) is 10.0 Å². The summed E-state index contributed by atoms with van der Waals surface area (Å²) < 4.78 is 17.2. The van der Waals surface area contributed by atoms with E-state index in [1.165, 1.54) is 26.5 Å². The van der Waals surface area contributed by atoms with Crippen LogP contribution in [-0.2, 0) is 0 Å². The summed E-state index contributed by atoms with van der Waals surface area (Å²) in [6, 6.07) is 22.7. The van der Waals surface area contributed by atoms with Gasteiger partial charge in [-0.3, -0.25) is 4.79 Å². The van der Waals surface area contributed by atoms with Crippen LogP contribution in [0.25, 0.3) is 22.0 Å². The van der Waals surface area contributed by atoms with E-state index in [2.05, 4.69) is 38.1 Å². The summed E-state index contributed by atoms with van der Waals surface area (Å²) in [7, 11) is 2.90. The van der Waals surface area contributed by atoms with Crippen LogP contribution in [0.4, 0.5) is 0 Å². The maximum absolute atomic E-state index is 13.3. The van der Waals surface area contributed by atoms with Crippen molar-refractivity contribution in [1.29, 1.82) is 0 Å². The van der Waals surface area contributed by atoms with Crippen molar-refractivity contribution in [2.75, 3.05) is 14.2 Å². The van der Waals surface area contributed by atoms with E-state index >= 15 is 0 Å². The van der Waals surface area contributed by atoms with Gasteiger partial charge >= 0.3 is 5.97 Å². The highest BCUT2D eigenvalue weighted by Gasteiger charge is 2.22. The normalized spacial score (nSPS) is 11.1. The lowest BCUT2D eigenvalue weighted by Crippen LogP contribution is -2.19. The zero-order valence-corrected chi connectivity index (χ0v) is 25.9. The molecule has 0 aliphatic carbocycles. The standard InChI is InChI=1S/C31H22Cl2IN3O5/c1-40-24-13-11-18(32)15-21(24)31(39)42-25-12-10-17(14-26(25)41-2)16-35-37-30(38)29-27(19-6-3-4-8-22(19)33)20-7-5-9-23(34)28(20)36-29/h3-16,36H,1-2H3,(H,37,38). The first-order valence-electron chi connectivity index (χ1n) is 12.4. The van der Waals surface area contributed by atoms with Gasteiger partial charge in [0.15, 0.2) is 11.5 Å². The largest absolute Gasteiger partial charge is 0.496 e. The monoisotopic (exact) mass is 713 g/mol. The molecule has 0 radical (unpaired) electrons. The number of para-hydroxylation sites is 1. The number of esters is 1. The van der Waals surface area contributed by atoms with Crippen LogP contribution in [0.15, 0.2) is 84.0 Å². The SMILES string of the molecule is COc1cc(C=NNC(=O)c2[nH]c3c(I)cccc3c2-c2ccccc2Cl)ccc1OC(=O)c1cc(Cl)ccc1OC. The zero-order chi connectivity index (χ0) is 29.8. The Kier molecular flexibility index (Phi) is 9.00. The summed E-state index contributed by atoms with van der Waals surface area (Å²) in [6.45, 7) is 0. The van der Waals surface area contributed by atoms with Crippen LogP contribution in [0.1, 0.15) is 26.4 Å². The fourth-order valence-electron chi connectivity index (χ4n) is 4.36. The number of aromatic amines is 1. The Labute approximate surface area is 264 Å². The van der Waals surface area contributed by atoms with E-state index in [1.54, 1.807) is 36.4 Å². The Bertz CT molecular complexity index is 1850. The number of carbonyl (C=O) groups excluding carboxylic acids is 2. The van der Waals surface area contributed by atoms with E-state index in [4.69, 9.17) is 37.4 Å². The Morgan fingerprint density at radius 3 is 2.43 bits per heavy atom. The zero-order valence-electron chi connectivity index (χ0n) is 22.2. The summed E-state index contributed by atoms with van der Waals surface area (Å²) in [5.41, 5.74) is 5.91. The van der Waals surface area contributed by atoms with Gasteiger partial charge < -0.3 is 19.2 Å². The summed E-state index contributed by atoms with van der Waals surface area (Å²) in [5.74, 6) is -0.316. The number of nitrogens with one attached hydrogen (secondary N) is 2. The number of fused-ring (bicyclic) bond motifs is 1. The minimum absolute atomic E-state index is 0.170. The predicted octanol–water partition coefficient (Wildman–Crippen LogP) is 7.75. The summed E-state index contributed by atoms with van der Waals surface area (Å²) in [6.07, 6.45) is 1.45. The predicted molar refractivity (Wildman–Crippen MR) is 172 cm³/mol. The summed E-state index contributed by atoms with van der Waals surface area (Å²) >= 11 is 14.8. The molecule has 0 bridgehead atoms. The minimum atomic E-state index is -0.663. The Balaban J connectivity index is 1.37. The Hall–Kier alpha value is -4.06. The molecule has 42 heavy (non-hydrogen) atoms. The smallest absolute Gasteiger partial charge is 0.347 e. The van der Waals surface area contributed by atoms with Crippen molar-refractivity contribution in [2.45, 2.75) is 0 Å². The lowest BCUT2D eigenvalue weighted by Gasteiger charge is -2.12. The molecule has 1 heterocycles. The molecule has 5 rings (SSSR count). The molecule has 1 aromatic heterocycles. The molecule has 0 aliphatic heterocycles. The second-order valence-corrected chi connectivity index (χ2v) is 10.9. The van der Waals surface area contributed by atoms with Crippen LogP contribution < -0.4 is 19.6 Å². The first-order chi connectivity index (χ1) is 20.3. The molecule has 0 unspecified atom stereocenters. The van der Waals surface area contributed by atoms with Crippen LogP contribution in [0.3, 0.4) is 0 Å². The highest BCUT2D eigenvalue weighted by atomic mass is 127. The van der Waals surface area contributed by atoms with E-state index in [0.717, 1.165) is 20.0 Å². The van der Waals surface area contributed by atoms with Gasteiger partial charge in [0.1, 0.15) is 17.0 Å². The van der Waals surface area contributed by atoms with Gasteiger partial charge in [-0.2, -0.15) is 5.10 Å². The van der Waals surface area contributed by atoms with Gasteiger partial charge in [0.05, 0.1) is 26.0 Å². The van der Waals surface area contributed by atoms with E-state index in [-0.39, 0.29) is 17.1 Å². The van der Waals surface area contributed by atoms with Crippen molar-refractivity contribution >= 4 is 74.8 Å². The molecule has 0 fully saturated rings. The molecule has 1 amide bonds. The molecule has 0 aliphatic rings. The lowest BCUT2D eigenvalue weighted by atomic mass is 10.0.